The maximum atomic E-state index is 13.7. The molecule has 0 aliphatic carbocycles. The molecule has 140 valence electrons. The predicted octanol–water partition coefficient (Wildman–Crippen LogP) is 3.66. The Balaban J connectivity index is 2.39. The highest BCUT2D eigenvalue weighted by molar-refractivity contribution is 7.92. The normalized spacial score (nSPS) is 11.5. The second-order valence-electron chi connectivity index (χ2n) is 6.47. The zero-order valence-corrected chi connectivity index (χ0v) is 16.1. The molecular weight excluding hydrogens is 355 g/mol. The monoisotopic (exact) mass is 378 g/mol. The van der Waals surface area contributed by atoms with Gasteiger partial charge in [0.15, 0.2) is 0 Å². The molecule has 1 amide bonds. The number of hydrogen-bond acceptors (Lipinski definition) is 3. The number of benzene rings is 2. The third-order valence-corrected chi connectivity index (χ3v) is 5.09. The largest absolute Gasteiger partial charge is 0.322 e. The number of aryl methyl sites for hydroxylation is 1. The van der Waals surface area contributed by atoms with Crippen LogP contribution in [0, 0.1) is 12.7 Å². The van der Waals surface area contributed by atoms with E-state index in [2.05, 4.69) is 5.32 Å². The smallest absolute Gasteiger partial charge is 0.245 e. The second kappa shape index (κ2) is 7.86. The van der Waals surface area contributed by atoms with E-state index in [9.17, 15) is 17.6 Å². The lowest BCUT2D eigenvalue weighted by molar-refractivity contribution is -0.114. The minimum absolute atomic E-state index is 0.0137. The van der Waals surface area contributed by atoms with Crippen molar-refractivity contribution in [2.24, 2.45) is 0 Å². The number of anilines is 2. The molecule has 0 spiro atoms. The van der Waals surface area contributed by atoms with Gasteiger partial charge in [-0.1, -0.05) is 44.2 Å². The molecule has 0 bridgehead atoms. The topological polar surface area (TPSA) is 66.5 Å². The molecule has 26 heavy (non-hydrogen) atoms. The average Bonchev–Trinajstić information content (AvgIpc) is 2.54. The van der Waals surface area contributed by atoms with Gasteiger partial charge in [-0.25, -0.2) is 12.8 Å². The number of rotatable bonds is 6. The van der Waals surface area contributed by atoms with E-state index in [1.165, 1.54) is 18.2 Å². The molecule has 0 aromatic heterocycles. The number of carbonyl (C=O) groups is 1. The molecule has 0 radical (unpaired) electrons. The van der Waals surface area contributed by atoms with Crippen LogP contribution in [-0.2, 0) is 14.8 Å². The summed E-state index contributed by atoms with van der Waals surface area (Å²) in [4.78, 5) is 12.4. The molecule has 7 heteroatoms. The standard InChI is InChI=1S/C19H23FN2O3S/c1-13(2)15-9-7-8-14(3)19(15)22(26(4,24)25)12-18(23)21-17-11-6-5-10-16(17)20/h5-11,13H,12H2,1-4H3,(H,21,23). The number of carbonyl (C=O) groups excluding carboxylic acids is 1. The van der Waals surface area contributed by atoms with Crippen molar-refractivity contribution in [2.75, 3.05) is 22.4 Å². The summed E-state index contributed by atoms with van der Waals surface area (Å²) in [5.74, 6) is -1.12. The van der Waals surface area contributed by atoms with Gasteiger partial charge in [-0.15, -0.1) is 0 Å². The van der Waals surface area contributed by atoms with Crippen LogP contribution in [0.2, 0.25) is 0 Å². The van der Waals surface area contributed by atoms with E-state index in [-0.39, 0.29) is 11.6 Å². The van der Waals surface area contributed by atoms with Crippen LogP contribution in [0.1, 0.15) is 30.9 Å². The Bertz CT molecular complexity index is 911. The first-order valence-electron chi connectivity index (χ1n) is 8.23. The highest BCUT2D eigenvalue weighted by Crippen LogP contribution is 2.32. The van der Waals surface area contributed by atoms with E-state index >= 15 is 0 Å². The summed E-state index contributed by atoms with van der Waals surface area (Å²) in [6, 6.07) is 11.2. The Hall–Kier alpha value is -2.41. The van der Waals surface area contributed by atoms with Crippen LogP contribution < -0.4 is 9.62 Å². The Kier molecular flexibility index (Phi) is 6.02. The molecule has 0 saturated carbocycles. The molecule has 0 atom stereocenters. The lowest BCUT2D eigenvalue weighted by Crippen LogP contribution is -2.38. The van der Waals surface area contributed by atoms with Crippen LogP contribution in [0.5, 0.6) is 0 Å². The minimum atomic E-state index is -3.72. The van der Waals surface area contributed by atoms with Gasteiger partial charge in [0, 0.05) is 0 Å². The maximum Gasteiger partial charge on any atom is 0.245 e. The molecule has 1 N–H and O–H groups in total. The summed E-state index contributed by atoms with van der Waals surface area (Å²) in [5.41, 5.74) is 2.09. The minimum Gasteiger partial charge on any atom is -0.322 e. The molecule has 0 fully saturated rings. The first kappa shape index (κ1) is 19.9. The highest BCUT2D eigenvalue weighted by Gasteiger charge is 2.26. The first-order chi connectivity index (χ1) is 12.1. The Morgan fingerprint density at radius 1 is 1.15 bits per heavy atom. The first-order valence-corrected chi connectivity index (χ1v) is 10.1. The van der Waals surface area contributed by atoms with Crippen LogP contribution in [-0.4, -0.2) is 27.1 Å². The van der Waals surface area contributed by atoms with Crippen LogP contribution >= 0.6 is 0 Å². The second-order valence-corrected chi connectivity index (χ2v) is 8.37. The molecule has 0 aliphatic heterocycles. The fourth-order valence-electron chi connectivity index (χ4n) is 2.73. The lowest BCUT2D eigenvalue weighted by Gasteiger charge is -2.27. The van der Waals surface area contributed by atoms with E-state index in [1.54, 1.807) is 19.1 Å². The van der Waals surface area contributed by atoms with Gasteiger partial charge in [0.05, 0.1) is 17.6 Å². The van der Waals surface area contributed by atoms with E-state index < -0.39 is 28.3 Å². The van der Waals surface area contributed by atoms with E-state index in [0.717, 1.165) is 21.7 Å². The summed E-state index contributed by atoms with van der Waals surface area (Å²) in [5, 5.41) is 2.43. The Morgan fingerprint density at radius 2 is 1.81 bits per heavy atom. The van der Waals surface area contributed by atoms with Gasteiger partial charge in [0.1, 0.15) is 12.4 Å². The van der Waals surface area contributed by atoms with Crippen molar-refractivity contribution in [2.45, 2.75) is 26.7 Å². The summed E-state index contributed by atoms with van der Waals surface area (Å²) >= 11 is 0. The van der Waals surface area contributed by atoms with Gasteiger partial charge in [0.2, 0.25) is 15.9 Å². The number of para-hydroxylation sites is 2. The zero-order valence-electron chi connectivity index (χ0n) is 15.3. The fraction of sp³-hybridized carbons (Fsp3) is 0.316. The van der Waals surface area contributed by atoms with Crippen LogP contribution in [0.15, 0.2) is 42.5 Å². The fourth-order valence-corrected chi connectivity index (χ4v) is 3.67. The average molecular weight is 378 g/mol. The van der Waals surface area contributed by atoms with Gasteiger partial charge in [0.25, 0.3) is 0 Å². The number of hydrogen-bond donors (Lipinski definition) is 1. The summed E-state index contributed by atoms with van der Waals surface area (Å²) in [6.45, 7) is 5.28. The van der Waals surface area contributed by atoms with Gasteiger partial charge in [-0.3, -0.25) is 9.10 Å². The molecule has 2 aromatic rings. The van der Waals surface area contributed by atoms with Gasteiger partial charge < -0.3 is 5.32 Å². The zero-order chi connectivity index (χ0) is 19.5. The van der Waals surface area contributed by atoms with Crippen LogP contribution in [0.4, 0.5) is 15.8 Å². The van der Waals surface area contributed by atoms with Gasteiger partial charge >= 0.3 is 0 Å². The van der Waals surface area contributed by atoms with Crippen molar-refractivity contribution in [1.29, 1.82) is 0 Å². The number of amides is 1. The quantitative estimate of drug-likeness (QED) is 0.834. The van der Waals surface area contributed by atoms with Crippen molar-refractivity contribution in [3.63, 3.8) is 0 Å². The van der Waals surface area contributed by atoms with Crippen molar-refractivity contribution in [1.82, 2.24) is 0 Å². The molecule has 0 saturated heterocycles. The van der Waals surface area contributed by atoms with Crippen LogP contribution in [0.25, 0.3) is 0 Å². The Morgan fingerprint density at radius 3 is 2.38 bits per heavy atom. The lowest BCUT2D eigenvalue weighted by atomic mass is 9.98. The van der Waals surface area contributed by atoms with Gasteiger partial charge in [-0.05, 0) is 36.1 Å². The van der Waals surface area contributed by atoms with Crippen LogP contribution in [0.3, 0.4) is 0 Å². The molecule has 0 aliphatic rings. The molecule has 2 rings (SSSR count). The molecule has 0 heterocycles. The van der Waals surface area contributed by atoms with E-state index in [0.29, 0.717) is 5.69 Å². The van der Waals surface area contributed by atoms with E-state index in [1.807, 2.05) is 26.0 Å². The van der Waals surface area contributed by atoms with E-state index in [4.69, 9.17) is 0 Å². The summed E-state index contributed by atoms with van der Waals surface area (Å²) in [7, 11) is -3.72. The molecule has 2 aromatic carbocycles. The highest BCUT2D eigenvalue weighted by atomic mass is 32.2. The Labute approximate surface area is 153 Å². The predicted molar refractivity (Wildman–Crippen MR) is 102 cm³/mol. The number of nitrogens with one attached hydrogen (secondary N) is 1. The SMILES string of the molecule is Cc1cccc(C(C)C)c1N(CC(=O)Nc1ccccc1F)S(C)(=O)=O. The number of nitrogens with zero attached hydrogens (tertiary/aromatic N) is 1. The van der Waals surface area contributed by atoms with Crippen molar-refractivity contribution in [3.8, 4) is 0 Å². The van der Waals surface area contributed by atoms with Crippen molar-refractivity contribution >= 4 is 27.3 Å². The third kappa shape index (κ3) is 4.60. The molecular formula is C19H23FN2O3S. The molecule has 0 unspecified atom stereocenters. The number of halogens is 1. The van der Waals surface area contributed by atoms with Crippen molar-refractivity contribution < 1.29 is 17.6 Å². The van der Waals surface area contributed by atoms with Gasteiger partial charge in [-0.2, -0.15) is 0 Å². The van der Waals surface area contributed by atoms with Crippen molar-refractivity contribution in [3.05, 3.63) is 59.4 Å². The number of sulfonamides is 1. The maximum absolute atomic E-state index is 13.7. The summed E-state index contributed by atoms with van der Waals surface area (Å²) < 4.78 is 39.6. The molecule has 5 nitrogen and oxygen atoms in total. The summed E-state index contributed by atoms with van der Waals surface area (Å²) in [6.07, 6.45) is 1.06. The third-order valence-electron chi connectivity index (χ3n) is 3.98.